The van der Waals surface area contributed by atoms with Crippen LogP contribution in [0.2, 0.25) is 0 Å². The summed E-state index contributed by atoms with van der Waals surface area (Å²) < 4.78 is 6.32. The maximum absolute atomic E-state index is 13.3. The highest BCUT2D eigenvalue weighted by Gasteiger charge is 2.33. The number of hydrogen-bond acceptors (Lipinski definition) is 5. The van der Waals surface area contributed by atoms with Crippen molar-refractivity contribution in [1.82, 2.24) is 15.2 Å². The number of nitrogens with one attached hydrogen (secondary N) is 2. The van der Waals surface area contributed by atoms with Crippen LogP contribution >= 0.6 is 0 Å². The fourth-order valence-electron chi connectivity index (χ4n) is 3.45. The Morgan fingerprint density at radius 1 is 1.28 bits per heavy atom. The molecule has 7 heteroatoms. The lowest BCUT2D eigenvalue weighted by atomic mass is 9.99. The highest BCUT2D eigenvalue weighted by atomic mass is 16.5. The Bertz CT molecular complexity index is 870. The summed E-state index contributed by atoms with van der Waals surface area (Å²) in [6, 6.07) is 8.61. The minimum Gasteiger partial charge on any atom is -0.486 e. The van der Waals surface area contributed by atoms with E-state index in [4.69, 9.17) is 4.74 Å². The van der Waals surface area contributed by atoms with Crippen LogP contribution in [-0.2, 0) is 0 Å². The first kappa shape index (κ1) is 20.8. The number of benzene rings is 1. The SMILES string of the molecule is CNCC1Oc2c(NC(=O)c3ccncc3)cccc2C(=O)N(C(C)C)CC1C. The Morgan fingerprint density at radius 2 is 2.00 bits per heavy atom. The summed E-state index contributed by atoms with van der Waals surface area (Å²) >= 11 is 0. The third-order valence-electron chi connectivity index (χ3n) is 5.11. The van der Waals surface area contributed by atoms with E-state index in [9.17, 15) is 9.59 Å². The lowest BCUT2D eigenvalue weighted by Gasteiger charge is -2.37. The molecule has 2 amide bonds. The quantitative estimate of drug-likeness (QED) is 0.812. The van der Waals surface area contributed by atoms with E-state index in [0.717, 1.165) is 0 Å². The van der Waals surface area contributed by atoms with E-state index < -0.39 is 0 Å². The van der Waals surface area contributed by atoms with Gasteiger partial charge in [-0.2, -0.15) is 0 Å². The molecule has 0 radical (unpaired) electrons. The first-order chi connectivity index (χ1) is 13.9. The summed E-state index contributed by atoms with van der Waals surface area (Å²) in [6.07, 6.45) is 2.98. The smallest absolute Gasteiger partial charge is 0.257 e. The van der Waals surface area contributed by atoms with Crippen LogP contribution in [0.5, 0.6) is 5.75 Å². The van der Waals surface area contributed by atoms with E-state index in [1.165, 1.54) is 0 Å². The number of fused-ring (bicyclic) bond motifs is 1. The molecule has 1 aliphatic heterocycles. The number of carbonyl (C=O) groups excluding carboxylic acids is 2. The molecule has 0 spiro atoms. The van der Waals surface area contributed by atoms with Gasteiger partial charge in [-0.3, -0.25) is 14.6 Å². The fraction of sp³-hybridized carbons (Fsp3) is 0.409. The Labute approximate surface area is 171 Å². The van der Waals surface area contributed by atoms with Crippen molar-refractivity contribution in [3.05, 3.63) is 53.9 Å². The van der Waals surface area contributed by atoms with Gasteiger partial charge in [0.15, 0.2) is 5.75 Å². The average molecular weight is 396 g/mol. The molecule has 2 heterocycles. The van der Waals surface area contributed by atoms with Crippen molar-refractivity contribution in [3.63, 3.8) is 0 Å². The molecule has 2 unspecified atom stereocenters. The molecule has 0 saturated carbocycles. The molecular formula is C22H28N4O3. The number of rotatable bonds is 5. The van der Waals surface area contributed by atoms with E-state index >= 15 is 0 Å². The van der Waals surface area contributed by atoms with Gasteiger partial charge in [-0.1, -0.05) is 13.0 Å². The van der Waals surface area contributed by atoms with Gasteiger partial charge in [0.25, 0.3) is 11.8 Å². The van der Waals surface area contributed by atoms with Crippen LogP contribution in [0, 0.1) is 5.92 Å². The molecule has 0 aliphatic carbocycles. The lowest BCUT2D eigenvalue weighted by Crippen LogP contribution is -2.47. The molecule has 1 aromatic carbocycles. The predicted molar refractivity (Wildman–Crippen MR) is 112 cm³/mol. The number of ether oxygens (including phenoxy) is 1. The Kier molecular flexibility index (Phi) is 6.49. The highest BCUT2D eigenvalue weighted by Crippen LogP contribution is 2.34. The Morgan fingerprint density at radius 3 is 2.66 bits per heavy atom. The topological polar surface area (TPSA) is 83.6 Å². The number of nitrogens with zero attached hydrogens (tertiary/aromatic N) is 2. The van der Waals surface area contributed by atoms with Crippen LogP contribution in [0.15, 0.2) is 42.7 Å². The molecule has 1 aliphatic rings. The summed E-state index contributed by atoms with van der Waals surface area (Å²) in [7, 11) is 1.87. The number of carbonyl (C=O) groups is 2. The molecule has 0 fully saturated rings. The molecular weight excluding hydrogens is 368 g/mol. The van der Waals surface area contributed by atoms with Crippen molar-refractivity contribution >= 4 is 17.5 Å². The summed E-state index contributed by atoms with van der Waals surface area (Å²) in [5, 5.41) is 6.06. The minimum atomic E-state index is -0.280. The number of anilines is 1. The molecule has 154 valence electrons. The van der Waals surface area contributed by atoms with Crippen LogP contribution in [0.25, 0.3) is 0 Å². The monoisotopic (exact) mass is 396 g/mol. The van der Waals surface area contributed by atoms with E-state index in [0.29, 0.717) is 35.7 Å². The standard InChI is InChI=1S/C22H28N4O3/c1-14(2)26-13-15(3)19(12-23-4)29-20-17(22(26)28)6-5-7-18(20)25-21(27)16-8-10-24-11-9-16/h5-11,14-15,19,23H,12-13H2,1-4H3,(H,25,27). The van der Waals surface area contributed by atoms with Gasteiger partial charge in [0.1, 0.15) is 6.10 Å². The number of likely N-dealkylation sites (N-methyl/N-ethyl adjacent to an activating group) is 1. The predicted octanol–water partition coefficient (Wildman–Crippen LogP) is 2.80. The molecule has 2 atom stereocenters. The van der Waals surface area contributed by atoms with Crippen LogP contribution in [0.4, 0.5) is 5.69 Å². The molecule has 2 N–H and O–H groups in total. The highest BCUT2D eigenvalue weighted by molar-refractivity contribution is 6.07. The van der Waals surface area contributed by atoms with E-state index in [2.05, 4.69) is 22.5 Å². The summed E-state index contributed by atoms with van der Waals surface area (Å²) in [5.74, 6) is 0.158. The second-order valence-electron chi connectivity index (χ2n) is 7.61. The third-order valence-corrected chi connectivity index (χ3v) is 5.11. The van der Waals surface area contributed by atoms with E-state index in [-0.39, 0.29) is 29.9 Å². The summed E-state index contributed by atoms with van der Waals surface area (Å²) in [6.45, 7) is 7.33. The van der Waals surface area contributed by atoms with Crippen LogP contribution < -0.4 is 15.4 Å². The number of para-hydroxylation sites is 1. The number of amides is 2. The fourth-order valence-corrected chi connectivity index (χ4v) is 3.45. The van der Waals surface area contributed by atoms with Crippen molar-refractivity contribution < 1.29 is 14.3 Å². The van der Waals surface area contributed by atoms with Crippen LogP contribution in [-0.4, -0.2) is 54.0 Å². The first-order valence-electron chi connectivity index (χ1n) is 9.89. The first-order valence-corrected chi connectivity index (χ1v) is 9.89. The average Bonchev–Trinajstić information content (AvgIpc) is 2.71. The van der Waals surface area contributed by atoms with Crippen LogP contribution in [0.3, 0.4) is 0 Å². The molecule has 0 saturated heterocycles. The van der Waals surface area contributed by atoms with Gasteiger partial charge in [0.05, 0.1) is 11.3 Å². The maximum Gasteiger partial charge on any atom is 0.257 e. The van der Waals surface area contributed by atoms with Crippen molar-refractivity contribution in [2.45, 2.75) is 32.9 Å². The van der Waals surface area contributed by atoms with Gasteiger partial charge < -0.3 is 20.3 Å². The number of hydrogen-bond donors (Lipinski definition) is 2. The van der Waals surface area contributed by atoms with Gasteiger partial charge in [0.2, 0.25) is 0 Å². The zero-order chi connectivity index (χ0) is 21.0. The van der Waals surface area contributed by atoms with E-state index in [1.807, 2.05) is 25.8 Å². The number of aromatic nitrogens is 1. The summed E-state index contributed by atoms with van der Waals surface area (Å²) in [4.78, 5) is 31.7. The second kappa shape index (κ2) is 9.05. The Hall–Kier alpha value is -2.93. The molecule has 7 nitrogen and oxygen atoms in total. The maximum atomic E-state index is 13.3. The Balaban J connectivity index is 2.02. The van der Waals surface area contributed by atoms with Gasteiger partial charge in [0, 0.05) is 43.0 Å². The van der Waals surface area contributed by atoms with Gasteiger partial charge >= 0.3 is 0 Å². The molecule has 2 aromatic rings. The van der Waals surface area contributed by atoms with Crippen molar-refractivity contribution in [1.29, 1.82) is 0 Å². The molecule has 0 bridgehead atoms. The lowest BCUT2D eigenvalue weighted by molar-refractivity contribution is 0.0516. The largest absolute Gasteiger partial charge is 0.486 e. The molecule has 3 rings (SSSR count). The minimum absolute atomic E-state index is 0.0567. The van der Waals surface area contributed by atoms with Crippen LogP contribution in [0.1, 0.15) is 41.5 Å². The van der Waals surface area contributed by atoms with Gasteiger partial charge in [-0.05, 0) is 45.2 Å². The van der Waals surface area contributed by atoms with Gasteiger partial charge in [-0.15, -0.1) is 0 Å². The second-order valence-corrected chi connectivity index (χ2v) is 7.61. The molecule has 1 aromatic heterocycles. The van der Waals surface area contributed by atoms with Gasteiger partial charge in [-0.25, -0.2) is 0 Å². The third kappa shape index (κ3) is 4.56. The number of pyridine rings is 1. The zero-order valence-corrected chi connectivity index (χ0v) is 17.3. The molecule has 29 heavy (non-hydrogen) atoms. The zero-order valence-electron chi connectivity index (χ0n) is 17.3. The van der Waals surface area contributed by atoms with Crippen molar-refractivity contribution in [2.24, 2.45) is 5.92 Å². The normalized spacial score (nSPS) is 19.2. The van der Waals surface area contributed by atoms with Crippen molar-refractivity contribution in [2.75, 3.05) is 25.5 Å². The van der Waals surface area contributed by atoms with E-state index in [1.54, 1.807) is 42.7 Å². The summed E-state index contributed by atoms with van der Waals surface area (Å²) in [5.41, 5.74) is 1.43. The van der Waals surface area contributed by atoms with Crippen molar-refractivity contribution in [3.8, 4) is 5.75 Å².